The van der Waals surface area contributed by atoms with Crippen LogP contribution in [0.5, 0.6) is 0 Å². The molecule has 0 amide bonds. The lowest BCUT2D eigenvalue weighted by molar-refractivity contribution is 0.567. The number of piperidine rings is 2. The Kier molecular flexibility index (Phi) is 5.66. The molecule has 4 rings (SSSR count). The van der Waals surface area contributed by atoms with E-state index in [1.165, 1.54) is 12.8 Å². The van der Waals surface area contributed by atoms with Gasteiger partial charge in [0.05, 0.1) is 4.90 Å². The monoisotopic (exact) mass is 401 g/mol. The molecule has 150 valence electrons. The molecule has 2 aliphatic heterocycles. The Morgan fingerprint density at radius 3 is 1.75 bits per heavy atom. The van der Waals surface area contributed by atoms with E-state index in [0.717, 1.165) is 63.5 Å². The first-order valence-corrected chi connectivity index (χ1v) is 11.6. The van der Waals surface area contributed by atoms with Gasteiger partial charge >= 0.3 is 0 Å². The van der Waals surface area contributed by atoms with E-state index in [-0.39, 0.29) is 10.8 Å². The van der Waals surface area contributed by atoms with E-state index in [4.69, 9.17) is 0 Å². The second-order valence-corrected chi connectivity index (χ2v) is 9.10. The van der Waals surface area contributed by atoms with Gasteiger partial charge in [0.1, 0.15) is 11.6 Å². The van der Waals surface area contributed by atoms with Crippen LogP contribution in [0.3, 0.4) is 0 Å². The fourth-order valence-electron chi connectivity index (χ4n) is 3.82. The summed E-state index contributed by atoms with van der Waals surface area (Å²) in [4.78, 5) is 13.8. The summed E-state index contributed by atoms with van der Waals surface area (Å²) in [6, 6.07) is 10.4. The first-order valence-electron chi connectivity index (χ1n) is 10.1. The third kappa shape index (κ3) is 4.38. The summed E-state index contributed by atoms with van der Waals surface area (Å²) in [5.41, 5.74) is 0. The number of nitrogens with one attached hydrogen (secondary N) is 1. The molecule has 0 radical (unpaired) electrons. The lowest BCUT2D eigenvalue weighted by Crippen LogP contribution is -2.33. The number of hydrogen-bond acceptors (Lipinski definition) is 6. The van der Waals surface area contributed by atoms with Crippen LogP contribution in [0.25, 0.3) is 0 Å². The van der Waals surface area contributed by atoms with Crippen molar-refractivity contribution in [3.05, 3.63) is 36.4 Å². The summed E-state index contributed by atoms with van der Waals surface area (Å²) in [5.74, 6) is 1.76. The van der Waals surface area contributed by atoms with Crippen molar-refractivity contribution in [2.45, 2.75) is 43.4 Å². The molecule has 7 nitrogen and oxygen atoms in total. The van der Waals surface area contributed by atoms with Gasteiger partial charge in [0.15, 0.2) is 0 Å². The van der Waals surface area contributed by atoms with Crippen LogP contribution in [0.2, 0.25) is 0 Å². The third-order valence-corrected chi connectivity index (χ3v) is 6.68. The van der Waals surface area contributed by atoms with Gasteiger partial charge in [-0.1, -0.05) is 18.2 Å². The maximum atomic E-state index is 12.8. The zero-order valence-electron chi connectivity index (χ0n) is 16.0. The normalized spacial score (nSPS) is 18.1. The smallest absolute Gasteiger partial charge is 0.264 e. The largest absolute Gasteiger partial charge is 0.356 e. The van der Waals surface area contributed by atoms with E-state index in [1.807, 2.05) is 6.07 Å². The maximum absolute atomic E-state index is 12.8. The number of sulfonamides is 1. The van der Waals surface area contributed by atoms with E-state index in [0.29, 0.717) is 0 Å². The Labute approximate surface area is 166 Å². The average molecular weight is 402 g/mol. The molecular formula is C20H27N5O2S. The Hall–Kier alpha value is -2.35. The number of rotatable bonds is 5. The fourth-order valence-corrected chi connectivity index (χ4v) is 4.78. The minimum atomic E-state index is -3.72. The number of aromatic nitrogens is 2. The van der Waals surface area contributed by atoms with Crippen molar-refractivity contribution in [1.82, 2.24) is 9.97 Å². The average Bonchev–Trinajstić information content (AvgIpc) is 2.75. The van der Waals surface area contributed by atoms with Gasteiger partial charge in [0, 0.05) is 32.2 Å². The molecule has 0 atom stereocenters. The van der Waals surface area contributed by atoms with Crippen LogP contribution in [0, 0.1) is 0 Å². The second kappa shape index (κ2) is 8.34. The summed E-state index contributed by atoms with van der Waals surface area (Å²) >= 11 is 0. The molecule has 8 heteroatoms. The minimum Gasteiger partial charge on any atom is -0.356 e. The van der Waals surface area contributed by atoms with Crippen molar-refractivity contribution in [1.29, 1.82) is 0 Å². The molecule has 1 aromatic carbocycles. The minimum absolute atomic E-state index is 0.146. The highest BCUT2D eigenvalue weighted by molar-refractivity contribution is 7.92. The molecule has 2 saturated heterocycles. The summed E-state index contributed by atoms with van der Waals surface area (Å²) in [7, 11) is -3.72. The van der Waals surface area contributed by atoms with Crippen molar-refractivity contribution < 1.29 is 8.42 Å². The summed E-state index contributed by atoms with van der Waals surface area (Å²) < 4.78 is 28.1. The van der Waals surface area contributed by atoms with Crippen LogP contribution >= 0.6 is 0 Å². The standard InChI is InChI=1S/C20H27N5O2S/c26-28(27,17-10-4-1-5-11-17)23-20-21-18(24-12-6-2-7-13-24)16-19(22-20)25-14-8-3-9-15-25/h1,4-5,10-11,16H,2-3,6-9,12-15H2,(H,21,22,23). The quantitative estimate of drug-likeness (QED) is 0.829. The first kappa shape index (κ1) is 19.0. The first-order chi connectivity index (χ1) is 13.6. The molecule has 2 aromatic rings. The molecule has 0 spiro atoms. The molecule has 2 aliphatic rings. The number of anilines is 3. The molecule has 0 bridgehead atoms. The van der Waals surface area contributed by atoms with Gasteiger partial charge in [0.25, 0.3) is 10.0 Å². The molecule has 3 heterocycles. The topological polar surface area (TPSA) is 78.4 Å². The van der Waals surface area contributed by atoms with Gasteiger partial charge in [-0.2, -0.15) is 9.97 Å². The summed E-state index contributed by atoms with van der Waals surface area (Å²) in [6.07, 6.45) is 6.99. The lowest BCUT2D eigenvalue weighted by Gasteiger charge is -2.31. The van der Waals surface area contributed by atoms with Crippen LogP contribution in [-0.4, -0.2) is 44.6 Å². The highest BCUT2D eigenvalue weighted by atomic mass is 32.2. The molecule has 1 N–H and O–H groups in total. The van der Waals surface area contributed by atoms with Crippen LogP contribution in [0.1, 0.15) is 38.5 Å². The molecule has 0 unspecified atom stereocenters. The molecule has 1 aromatic heterocycles. The summed E-state index contributed by atoms with van der Waals surface area (Å²) in [5, 5.41) is 0. The zero-order chi connectivity index (χ0) is 19.4. The Morgan fingerprint density at radius 2 is 1.25 bits per heavy atom. The number of hydrogen-bond donors (Lipinski definition) is 1. The number of benzene rings is 1. The van der Waals surface area contributed by atoms with E-state index in [9.17, 15) is 8.42 Å². The number of nitrogens with zero attached hydrogens (tertiary/aromatic N) is 4. The summed E-state index contributed by atoms with van der Waals surface area (Å²) in [6.45, 7) is 3.78. The molecular weight excluding hydrogens is 374 g/mol. The van der Waals surface area contributed by atoms with E-state index >= 15 is 0 Å². The van der Waals surface area contributed by atoms with Crippen molar-refractivity contribution in [3.8, 4) is 0 Å². The van der Waals surface area contributed by atoms with Gasteiger partial charge in [0.2, 0.25) is 5.95 Å². The van der Waals surface area contributed by atoms with Crippen molar-refractivity contribution in [3.63, 3.8) is 0 Å². The third-order valence-electron chi connectivity index (χ3n) is 5.34. The molecule has 28 heavy (non-hydrogen) atoms. The Balaban J connectivity index is 1.66. The predicted molar refractivity (Wildman–Crippen MR) is 111 cm³/mol. The van der Waals surface area contributed by atoms with Crippen LogP contribution in [0.4, 0.5) is 17.6 Å². The van der Waals surface area contributed by atoms with E-state index in [1.54, 1.807) is 30.3 Å². The molecule has 0 saturated carbocycles. The molecule has 0 aliphatic carbocycles. The van der Waals surface area contributed by atoms with Crippen molar-refractivity contribution >= 4 is 27.6 Å². The van der Waals surface area contributed by atoms with Crippen molar-refractivity contribution in [2.24, 2.45) is 0 Å². The second-order valence-electron chi connectivity index (χ2n) is 7.42. The Morgan fingerprint density at radius 1 is 0.750 bits per heavy atom. The predicted octanol–water partition coefficient (Wildman–Crippen LogP) is 3.26. The fraction of sp³-hybridized carbons (Fsp3) is 0.500. The Bertz CT molecular complexity index is 856. The van der Waals surface area contributed by atoms with Gasteiger partial charge in [-0.25, -0.2) is 13.1 Å². The van der Waals surface area contributed by atoms with Gasteiger partial charge in [-0.3, -0.25) is 0 Å². The van der Waals surface area contributed by atoms with Crippen LogP contribution in [-0.2, 0) is 10.0 Å². The van der Waals surface area contributed by atoms with Crippen LogP contribution < -0.4 is 14.5 Å². The maximum Gasteiger partial charge on any atom is 0.264 e. The zero-order valence-corrected chi connectivity index (χ0v) is 16.9. The van der Waals surface area contributed by atoms with E-state index in [2.05, 4.69) is 24.5 Å². The van der Waals surface area contributed by atoms with Gasteiger partial charge in [-0.05, 0) is 50.7 Å². The highest BCUT2D eigenvalue weighted by Crippen LogP contribution is 2.26. The molecule has 2 fully saturated rings. The van der Waals surface area contributed by atoms with E-state index < -0.39 is 10.0 Å². The van der Waals surface area contributed by atoms with Crippen LogP contribution in [0.15, 0.2) is 41.3 Å². The van der Waals surface area contributed by atoms with Gasteiger partial charge in [-0.15, -0.1) is 0 Å². The lowest BCUT2D eigenvalue weighted by atomic mass is 10.1. The van der Waals surface area contributed by atoms with Crippen molar-refractivity contribution in [2.75, 3.05) is 40.7 Å². The van der Waals surface area contributed by atoms with Gasteiger partial charge < -0.3 is 9.80 Å². The highest BCUT2D eigenvalue weighted by Gasteiger charge is 2.21. The SMILES string of the molecule is O=S(=O)(Nc1nc(N2CCCCC2)cc(N2CCCCC2)n1)c1ccccc1.